The molecular weight excluding hydrogens is 469 g/mol. The van der Waals surface area contributed by atoms with Crippen molar-refractivity contribution in [2.45, 2.75) is 6.36 Å². The fraction of sp³-hybridized carbons (Fsp3) is 0.111. The van der Waals surface area contributed by atoms with Crippen molar-refractivity contribution in [3.63, 3.8) is 0 Å². The number of hydrogen-bond donors (Lipinski definition) is 1. The fourth-order valence-electron chi connectivity index (χ4n) is 2.67. The molecule has 33 heavy (non-hydrogen) atoms. The number of alkyl halides is 3. The lowest BCUT2D eigenvalue weighted by Gasteiger charge is -2.10. The number of benzene rings is 1. The minimum Gasteiger partial charge on any atom is -0.424 e. The van der Waals surface area contributed by atoms with E-state index in [1.54, 1.807) is 7.05 Å². The number of carbonyl (C=O) groups excluding carboxylic acids is 1. The van der Waals surface area contributed by atoms with Crippen LogP contribution in [0.25, 0.3) is 11.0 Å². The van der Waals surface area contributed by atoms with Crippen molar-refractivity contribution >= 4 is 39.1 Å². The van der Waals surface area contributed by atoms with Gasteiger partial charge in [0.2, 0.25) is 0 Å². The van der Waals surface area contributed by atoms with Crippen molar-refractivity contribution in [1.82, 2.24) is 19.7 Å². The highest BCUT2D eigenvalue weighted by atomic mass is 32.1. The zero-order valence-electron chi connectivity index (χ0n) is 16.4. The second kappa shape index (κ2) is 8.34. The molecule has 1 aromatic carbocycles. The molecule has 0 atom stereocenters. The van der Waals surface area contributed by atoms with Crippen molar-refractivity contribution in [1.29, 1.82) is 0 Å². The highest BCUT2D eigenvalue weighted by Crippen LogP contribution is 2.30. The normalized spacial score (nSPS) is 11.4. The van der Waals surface area contributed by atoms with E-state index in [9.17, 15) is 28.1 Å². The van der Waals surface area contributed by atoms with Crippen molar-refractivity contribution in [2.75, 3.05) is 5.32 Å². The van der Waals surface area contributed by atoms with Gasteiger partial charge in [-0.3, -0.25) is 19.6 Å². The third-order valence-electron chi connectivity index (χ3n) is 4.07. The molecule has 4 rings (SSSR count). The summed E-state index contributed by atoms with van der Waals surface area (Å²) in [7, 11) is 1.59. The van der Waals surface area contributed by atoms with Crippen molar-refractivity contribution in [2.24, 2.45) is 7.05 Å². The van der Waals surface area contributed by atoms with Crippen LogP contribution in [0.3, 0.4) is 0 Å². The number of amides is 1. The summed E-state index contributed by atoms with van der Waals surface area (Å²) in [5.74, 6) is -0.939. The summed E-state index contributed by atoms with van der Waals surface area (Å²) in [6.07, 6.45) is -3.42. The van der Waals surface area contributed by atoms with E-state index in [0.29, 0.717) is 22.4 Å². The molecule has 0 bridgehead atoms. The van der Waals surface area contributed by atoms with Crippen LogP contribution in [0.4, 0.5) is 24.0 Å². The number of anilines is 1. The molecule has 4 aromatic rings. The topological polar surface area (TPSA) is 134 Å². The summed E-state index contributed by atoms with van der Waals surface area (Å²) in [6.45, 7) is 0. The van der Waals surface area contributed by atoms with Crippen LogP contribution in [0.1, 0.15) is 9.67 Å². The molecule has 3 heterocycles. The molecule has 0 aliphatic carbocycles. The first-order valence-corrected chi connectivity index (χ1v) is 9.70. The number of fused-ring (bicyclic) bond motifs is 1. The van der Waals surface area contributed by atoms with Gasteiger partial charge in [-0.25, -0.2) is 0 Å². The maximum atomic E-state index is 12.6. The van der Waals surface area contributed by atoms with Crippen molar-refractivity contribution in [3.8, 4) is 17.5 Å². The van der Waals surface area contributed by atoms with Crippen molar-refractivity contribution < 1.29 is 32.4 Å². The predicted molar refractivity (Wildman–Crippen MR) is 108 cm³/mol. The summed E-state index contributed by atoms with van der Waals surface area (Å²) < 4.78 is 47.6. The highest BCUT2D eigenvalue weighted by molar-refractivity contribution is 7.17. The van der Waals surface area contributed by atoms with Gasteiger partial charge in [0.05, 0.1) is 21.4 Å². The molecule has 0 aliphatic heterocycles. The molecule has 0 aliphatic rings. The van der Waals surface area contributed by atoms with E-state index in [0.717, 1.165) is 12.1 Å². The standard InChI is InChI=1S/C18H11F3N6O5S/c1-26-15-11(8-22-26)14(23-16(28)12-6-7-13(33-12)27(29)30)24-17(25-15)31-9-2-4-10(5-3-9)32-18(19,20)21/h2-8H,1H3,(H,23,24,25,28). The Labute approximate surface area is 185 Å². The van der Waals surface area contributed by atoms with Crippen LogP contribution >= 0.6 is 11.3 Å². The van der Waals surface area contributed by atoms with Gasteiger partial charge in [0.25, 0.3) is 5.91 Å². The minimum absolute atomic E-state index is 0.0289. The van der Waals surface area contributed by atoms with Crippen LogP contribution in [-0.4, -0.2) is 36.9 Å². The smallest absolute Gasteiger partial charge is 0.424 e. The van der Waals surface area contributed by atoms with Crippen LogP contribution in [0.15, 0.2) is 42.6 Å². The summed E-state index contributed by atoms with van der Waals surface area (Å²) >= 11 is 0.692. The number of aromatic nitrogens is 4. The first kappa shape index (κ1) is 21.9. The Hall–Kier alpha value is -4.27. The summed E-state index contributed by atoms with van der Waals surface area (Å²) in [5.41, 5.74) is 0.296. The monoisotopic (exact) mass is 480 g/mol. The predicted octanol–water partition coefficient (Wildman–Crippen LogP) is 4.28. The first-order valence-electron chi connectivity index (χ1n) is 8.88. The first-order chi connectivity index (χ1) is 15.6. The van der Waals surface area contributed by atoms with E-state index < -0.39 is 22.9 Å². The Morgan fingerprint density at radius 1 is 1.15 bits per heavy atom. The van der Waals surface area contributed by atoms with Crippen LogP contribution in [0.2, 0.25) is 0 Å². The number of carbonyl (C=O) groups is 1. The maximum absolute atomic E-state index is 12.6. The summed E-state index contributed by atoms with van der Waals surface area (Å²) in [4.78, 5) is 31.2. The molecule has 0 radical (unpaired) electrons. The molecule has 15 heteroatoms. The molecule has 1 amide bonds. The molecule has 0 saturated heterocycles. The second-order valence-corrected chi connectivity index (χ2v) is 7.39. The molecular formula is C18H11F3N6O5S. The van der Waals surface area contributed by atoms with Gasteiger partial charge >= 0.3 is 17.4 Å². The lowest BCUT2D eigenvalue weighted by Crippen LogP contribution is -2.16. The summed E-state index contributed by atoms with van der Waals surface area (Å²) in [5, 5.41) is 17.6. The molecule has 0 fully saturated rings. The zero-order chi connectivity index (χ0) is 23.8. The Morgan fingerprint density at radius 3 is 2.48 bits per heavy atom. The summed E-state index contributed by atoms with van der Waals surface area (Å²) in [6, 6.07) is 6.85. The van der Waals surface area contributed by atoms with E-state index in [4.69, 9.17) is 4.74 Å². The zero-order valence-corrected chi connectivity index (χ0v) is 17.2. The van der Waals surface area contributed by atoms with Crippen LogP contribution in [0, 0.1) is 10.1 Å². The minimum atomic E-state index is -4.83. The molecule has 0 unspecified atom stereocenters. The lowest BCUT2D eigenvalue weighted by molar-refractivity contribution is -0.380. The Bertz CT molecular complexity index is 1350. The van der Waals surface area contributed by atoms with E-state index in [-0.39, 0.29) is 27.5 Å². The molecule has 11 nitrogen and oxygen atoms in total. The van der Waals surface area contributed by atoms with Crippen LogP contribution in [0.5, 0.6) is 17.5 Å². The van der Waals surface area contributed by atoms with Gasteiger partial charge in [0.15, 0.2) is 11.5 Å². The lowest BCUT2D eigenvalue weighted by atomic mass is 10.3. The van der Waals surface area contributed by atoms with E-state index >= 15 is 0 Å². The number of ether oxygens (including phenoxy) is 2. The fourth-order valence-corrected chi connectivity index (χ4v) is 3.39. The molecule has 1 N–H and O–H groups in total. The largest absolute Gasteiger partial charge is 0.573 e. The van der Waals surface area contributed by atoms with E-state index in [1.807, 2.05) is 0 Å². The number of nitro groups is 1. The van der Waals surface area contributed by atoms with Crippen LogP contribution < -0.4 is 14.8 Å². The Morgan fingerprint density at radius 2 is 1.85 bits per heavy atom. The number of nitrogens with zero attached hydrogens (tertiary/aromatic N) is 5. The van der Waals surface area contributed by atoms with E-state index in [1.165, 1.54) is 35.1 Å². The van der Waals surface area contributed by atoms with Crippen LogP contribution in [-0.2, 0) is 7.05 Å². The van der Waals surface area contributed by atoms with E-state index in [2.05, 4.69) is 25.1 Å². The molecule has 170 valence electrons. The van der Waals surface area contributed by atoms with Gasteiger partial charge in [-0.15, -0.1) is 13.2 Å². The second-order valence-electron chi connectivity index (χ2n) is 6.33. The molecule has 0 spiro atoms. The maximum Gasteiger partial charge on any atom is 0.573 e. The molecule has 0 saturated carbocycles. The number of halogens is 3. The number of thiophene rings is 1. The van der Waals surface area contributed by atoms with Gasteiger partial charge < -0.3 is 14.8 Å². The number of aryl methyl sites for hydroxylation is 1. The van der Waals surface area contributed by atoms with Gasteiger partial charge in [-0.1, -0.05) is 11.3 Å². The Balaban J connectivity index is 1.60. The third kappa shape index (κ3) is 4.98. The van der Waals surface area contributed by atoms with Crippen molar-refractivity contribution in [3.05, 3.63) is 57.6 Å². The third-order valence-corrected chi connectivity index (χ3v) is 5.10. The van der Waals surface area contributed by atoms with Gasteiger partial charge in [0.1, 0.15) is 11.5 Å². The number of rotatable bonds is 6. The highest BCUT2D eigenvalue weighted by Gasteiger charge is 2.31. The van der Waals surface area contributed by atoms with Gasteiger partial charge in [-0.2, -0.15) is 15.1 Å². The SMILES string of the molecule is Cn1ncc2c(NC(=O)c3ccc([N+](=O)[O-])s3)nc(Oc3ccc(OC(F)(F)F)cc3)nc21. The van der Waals surface area contributed by atoms with Gasteiger partial charge in [0, 0.05) is 13.1 Å². The average Bonchev–Trinajstić information content (AvgIpc) is 3.37. The average molecular weight is 480 g/mol. The molecule has 3 aromatic heterocycles. The number of hydrogen-bond acceptors (Lipinski definition) is 9. The van der Waals surface area contributed by atoms with Gasteiger partial charge in [-0.05, 0) is 30.3 Å². The number of nitrogens with one attached hydrogen (secondary N) is 1. The Kier molecular flexibility index (Phi) is 5.55. The quantitative estimate of drug-likeness (QED) is 0.319.